The van der Waals surface area contributed by atoms with E-state index < -0.39 is 5.97 Å². The standard InChI is InChI=1S/C19H17NO4/c1-22-17-11-9-14-15(19(21)23-2)8-10-16(18(14)20-17)24-12-13-6-4-3-5-7-13/h3-11H,12H2,1-2H3. The van der Waals surface area contributed by atoms with Crippen LogP contribution in [0.5, 0.6) is 11.6 Å². The van der Waals surface area contributed by atoms with Crippen LogP contribution in [-0.2, 0) is 11.3 Å². The minimum atomic E-state index is -0.415. The molecule has 0 saturated heterocycles. The van der Waals surface area contributed by atoms with Crippen LogP contribution in [0.15, 0.2) is 54.6 Å². The molecule has 0 saturated carbocycles. The topological polar surface area (TPSA) is 57.7 Å². The molecule has 0 bridgehead atoms. The molecule has 5 nitrogen and oxygen atoms in total. The van der Waals surface area contributed by atoms with Gasteiger partial charge >= 0.3 is 5.97 Å². The van der Waals surface area contributed by atoms with Crippen LogP contribution in [0.3, 0.4) is 0 Å². The summed E-state index contributed by atoms with van der Waals surface area (Å²) in [4.78, 5) is 16.4. The Bertz CT molecular complexity index is 862. The lowest BCUT2D eigenvalue weighted by Gasteiger charge is -2.12. The smallest absolute Gasteiger partial charge is 0.338 e. The Kier molecular flexibility index (Phi) is 4.61. The molecule has 2 aromatic carbocycles. The third-order valence-corrected chi connectivity index (χ3v) is 3.65. The molecule has 0 aliphatic rings. The summed E-state index contributed by atoms with van der Waals surface area (Å²) < 4.78 is 15.9. The Balaban J connectivity index is 2.02. The molecule has 5 heteroatoms. The van der Waals surface area contributed by atoms with E-state index in [0.29, 0.717) is 34.7 Å². The fourth-order valence-corrected chi connectivity index (χ4v) is 2.43. The maximum absolute atomic E-state index is 12.0. The predicted molar refractivity (Wildman–Crippen MR) is 90.4 cm³/mol. The molecule has 0 amide bonds. The van der Waals surface area contributed by atoms with Crippen molar-refractivity contribution < 1.29 is 19.0 Å². The molecule has 0 fully saturated rings. The molecule has 0 radical (unpaired) electrons. The molecule has 0 aliphatic carbocycles. The molecule has 0 N–H and O–H groups in total. The number of ether oxygens (including phenoxy) is 3. The number of hydrogen-bond donors (Lipinski definition) is 0. The van der Waals surface area contributed by atoms with Crippen LogP contribution in [0, 0.1) is 0 Å². The molecule has 3 rings (SSSR count). The Hall–Kier alpha value is -3.08. The van der Waals surface area contributed by atoms with E-state index in [1.807, 2.05) is 30.3 Å². The van der Waals surface area contributed by atoms with Gasteiger partial charge in [0.2, 0.25) is 5.88 Å². The highest BCUT2D eigenvalue weighted by Crippen LogP contribution is 2.30. The van der Waals surface area contributed by atoms with Gasteiger partial charge in [-0.05, 0) is 23.8 Å². The number of nitrogens with zero attached hydrogens (tertiary/aromatic N) is 1. The van der Waals surface area contributed by atoms with Crippen LogP contribution < -0.4 is 9.47 Å². The highest BCUT2D eigenvalue weighted by atomic mass is 16.5. The average molecular weight is 323 g/mol. The van der Waals surface area contributed by atoms with Crippen LogP contribution in [0.25, 0.3) is 10.9 Å². The lowest BCUT2D eigenvalue weighted by atomic mass is 10.1. The van der Waals surface area contributed by atoms with Gasteiger partial charge in [0, 0.05) is 11.5 Å². The number of methoxy groups -OCH3 is 2. The van der Waals surface area contributed by atoms with Crippen LogP contribution >= 0.6 is 0 Å². The lowest BCUT2D eigenvalue weighted by molar-refractivity contribution is 0.0603. The summed E-state index contributed by atoms with van der Waals surface area (Å²) in [5.41, 5.74) is 2.05. The van der Waals surface area contributed by atoms with Gasteiger partial charge in [0.1, 0.15) is 17.9 Å². The van der Waals surface area contributed by atoms with Crippen molar-refractivity contribution in [3.8, 4) is 11.6 Å². The number of hydrogen-bond acceptors (Lipinski definition) is 5. The lowest BCUT2D eigenvalue weighted by Crippen LogP contribution is -2.04. The van der Waals surface area contributed by atoms with Crippen LogP contribution in [-0.4, -0.2) is 25.2 Å². The monoisotopic (exact) mass is 323 g/mol. The molecule has 3 aromatic rings. The van der Waals surface area contributed by atoms with Gasteiger partial charge in [-0.2, -0.15) is 0 Å². The number of rotatable bonds is 5. The quantitative estimate of drug-likeness (QED) is 0.671. The van der Waals surface area contributed by atoms with Gasteiger partial charge in [-0.1, -0.05) is 30.3 Å². The van der Waals surface area contributed by atoms with Crippen molar-refractivity contribution in [2.45, 2.75) is 6.61 Å². The fraction of sp³-hybridized carbons (Fsp3) is 0.158. The van der Waals surface area contributed by atoms with E-state index in [2.05, 4.69) is 4.98 Å². The summed E-state index contributed by atoms with van der Waals surface area (Å²) in [6, 6.07) is 16.7. The highest BCUT2D eigenvalue weighted by molar-refractivity contribution is 6.05. The van der Waals surface area contributed by atoms with Crippen molar-refractivity contribution in [3.63, 3.8) is 0 Å². The SMILES string of the molecule is COC(=O)c1ccc(OCc2ccccc2)c2nc(OC)ccc12. The van der Waals surface area contributed by atoms with Gasteiger partial charge in [-0.15, -0.1) is 0 Å². The number of carbonyl (C=O) groups excluding carboxylic acids is 1. The average Bonchev–Trinajstić information content (AvgIpc) is 2.65. The van der Waals surface area contributed by atoms with Crippen LogP contribution in [0.4, 0.5) is 0 Å². The zero-order valence-electron chi connectivity index (χ0n) is 13.5. The zero-order chi connectivity index (χ0) is 16.9. The molecule has 0 unspecified atom stereocenters. The third-order valence-electron chi connectivity index (χ3n) is 3.65. The summed E-state index contributed by atoms with van der Waals surface area (Å²) in [6.07, 6.45) is 0. The molecule has 122 valence electrons. The summed E-state index contributed by atoms with van der Waals surface area (Å²) in [7, 11) is 2.90. The second kappa shape index (κ2) is 7.00. The van der Waals surface area contributed by atoms with Crippen molar-refractivity contribution in [2.75, 3.05) is 14.2 Å². The largest absolute Gasteiger partial charge is 0.487 e. The Labute approximate surface area is 139 Å². The van der Waals surface area contributed by atoms with E-state index >= 15 is 0 Å². The highest BCUT2D eigenvalue weighted by Gasteiger charge is 2.15. The number of aromatic nitrogens is 1. The van der Waals surface area contributed by atoms with E-state index in [-0.39, 0.29) is 0 Å². The van der Waals surface area contributed by atoms with Gasteiger partial charge in [0.05, 0.1) is 19.8 Å². The molecular weight excluding hydrogens is 306 g/mol. The number of carbonyl (C=O) groups is 1. The normalized spacial score (nSPS) is 10.4. The van der Waals surface area contributed by atoms with Crippen molar-refractivity contribution in [2.24, 2.45) is 0 Å². The van der Waals surface area contributed by atoms with E-state index in [0.717, 1.165) is 5.56 Å². The summed E-state index contributed by atoms with van der Waals surface area (Å²) in [5.74, 6) is 0.621. The van der Waals surface area contributed by atoms with Crippen molar-refractivity contribution >= 4 is 16.9 Å². The summed E-state index contributed by atoms with van der Waals surface area (Å²) >= 11 is 0. The maximum Gasteiger partial charge on any atom is 0.338 e. The first-order valence-electron chi connectivity index (χ1n) is 7.45. The molecular formula is C19H17NO4. The second-order valence-electron chi connectivity index (χ2n) is 5.13. The number of benzene rings is 2. The first kappa shape index (κ1) is 15.8. The van der Waals surface area contributed by atoms with Gasteiger partial charge in [-0.3, -0.25) is 0 Å². The number of esters is 1. The molecule has 1 heterocycles. The van der Waals surface area contributed by atoms with Gasteiger partial charge < -0.3 is 14.2 Å². The van der Waals surface area contributed by atoms with E-state index in [9.17, 15) is 4.79 Å². The molecule has 0 spiro atoms. The molecule has 1 aromatic heterocycles. The second-order valence-corrected chi connectivity index (χ2v) is 5.13. The Morgan fingerprint density at radius 2 is 1.79 bits per heavy atom. The van der Waals surface area contributed by atoms with Gasteiger partial charge in [-0.25, -0.2) is 9.78 Å². The van der Waals surface area contributed by atoms with Crippen molar-refractivity contribution in [1.29, 1.82) is 0 Å². The Morgan fingerprint density at radius 1 is 1.00 bits per heavy atom. The fourth-order valence-electron chi connectivity index (χ4n) is 2.43. The third kappa shape index (κ3) is 3.15. The van der Waals surface area contributed by atoms with E-state index in [4.69, 9.17) is 14.2 Å². The summed E-state index contributed by atoms with van der Waals surface area (Å²) in [6.45, 7) is 0.409. The minimum absolute atomic E-state index is 0.409. The summed E-state index contributed by atoms with van der Waals surface area (Å²) in [5, 5.41) is 0.660. The van der Waals surface area contributed by atoms with Crippen LogP contribution in [0.1, 0.15) is 15.9 Å². The first-order chi connectivity index (χ1) is 11.7. The van der Waals surface area contributed by atoms with Crippen molar-refractivity contribution in [3.05, 3.63) is 65.7 Å². The molecule has 24 heavy (non-hydrogen) atoms. The first-order valence-corrected chi connectivity index (χ1v) is 7.45. The Morgan fingerprint density at radius 3 is 2.50 bits per heavy atom. The van der Waals surface area contributed by atoms with Gasteiger partial charge in [0.25, 0.3) is 0 Å². The zero-order valence-corrected chi connectivity index (χ0v) is 13.5. The maximum atomic E-state index is 12.0. The number of pyridine rings is 1. The molecule has 0 aliphatic heterocycles. The van der Waals surface area contributed by atoms with Crippen LogP contribution in [0.2, 0.25) is 0 Å². The van der Waals surface area contributed by atoms with E-state index in [1.54, 1.807) is 31.4 Å². The predicted octanol–water partition coefficient (Wildman–Crippen LogP) is 3.61. The van der Waals surface area contributed by atoms with Crippen molar-refractivity contribution in [1.82, 2.24) is 4.98 Å². The minimum Gasteiger partial charge on any atom is -0.487 e. The molecule has 0 atom stereocenters. The number of fused-ring (bicyclic) bond motifs is 1. The van der Waals surface area contributed by atoms with E-state index in [1.165, 1.54) is 7.11 Å². The van der Waals surface area contributed by atoms with Gasteiger partial charge in [0.15, 0.2) is 0 Å².